The van der Waals surface area contributed by atoms with E-state index in [-0.39, 0.29) is 22.9 Å². The number of ether oxygens (including phenoxy) is 1. The SMILES string of the molecule is N#N.NOc1ccccc1.O=[N+]([O-])c1ccccc1Oc1ccccc1[N+](=O)[O-]. The van der Waals surface area contributed by atoms with Crippen LogP contribution in [0.4, 0.5) is 11.4 Å². The van der Waals surface area contributed by atoms with Gasteiger partial charge in [-0.1, -0.05) is 42.5 Å². The second-order valence-corrected chi connectivity index (χ2v) is 4.98. The van der Waals surface area contributed by atoms with Crippen molar-refractivity contribution in [1.82, 2.24) is 0 Å². The van der Waals surface area contributed by atoms with Crippen molar-refractivity contribution >= 4 is 11.4 Å². The molecule has 0 amide bonds. The first-order chi connectivity index (χ1) is 14.0. The first kappa shape index (κ1) is 22.5. The average molecular weight is 397 g/mol. The molecule has 0 spiro atoms. The Morgan fingerprint density at radius 3 is 1.41 bits per heavy atom. The fourth-order valence-corrected chi connectivity index (χ4v) is 2.01. The van der Waals surface area contributed by atoms with Crippen LogP contribution < -0.4 is 15.5 Å². The number of nitro groups is 2. The van der Waals surface area contributed by atoms with Gasteiger partial charge in [0, 0.05) is 22.9 Å². The molecule has 0 bridgehead atoms. The molecule has 0 saturated carbocycles. The Kier molecular flexibility index (Phi) is 9.26. The zero-order chi connectivity index (χ0) is 21.6. The van der Waals surface area contributed by atoms with Gasteiger partial charge in [0.05, 0.1) is 9.85 Å². The third kappa shape index (κ3) is 6.93. The van der Waals surface area contributed by atoms with Crippen molar-refractivity contribution in [2.24, 2.45) is 5.90 Å². The first-order valence-electron chi connectivity index (χ1n) is 7.79. The Morgan fingerprint density at radius 1 is 0.690 bits per heavy atom. The fraction of sp³-hybridized carbons (Fsp3) is 0. The Bertz CT molecular complexity index is 909. The molecule has 3 rings (SSSR count). The van der Waals surface area contributed by atoms with Crippen molar-refractivity contribution in [1.29, 1.82) is 10.8 Å². The van der Waals surface area contributed by atoms with E-state index in [9.17, 15) is 20.2 Å². The largest absolute Gasteiger partial charge is 0.443 e. The summed E-state index contributed by atoms with van der Waals surface area (Å²) in [7, 11) is 0. The van der Waals surface area contributed by atoms with Gasteiger partial charge < -0.3 is 9.57 Å². The van der Waals surface area contributed by atoms with Gasteiger partial charge in [-0.25, -0.2) is 0 Å². The van der Waals surface area contributed by atoms with Crippen LogP contribution >= 0.6 is 0 Å². The number of nitro benzene ring substituents is 2. The summed E-state index contributed by atoms with van der Waals surface area (Å²) in [5.74, 6) is 5.46. The molecule has 0 unspecified atom stereocenters. The third-order valence-corrected chi connectivity index (χ3v) is 3.22. The minimum atomic E-state index is -0.607. The molecule has 0 saturated heterocycles. The number of hydrogen-bond donors (Lipinski definition) is 1. The van der Waals surface area contributed by atoms with Crippen LogP contribution in [0.25, 0.3) is 0 Å². The molecule has 0 aliphatic heterocycles. The highest BCUT2D eigenvalue weighted by Crippen LogP contribution is 2.35. The van der Waals surface area contributed by atoms with E-state index in [4.69, 9.17) is 21.4 Å². The van der Waals surface area contributed by atoms with Crippen molar-refractivity contribution in [2.75, 3.05) is 0 Å². The van der Waals surface area contributed by atoms with Crippen molar-refractivity contribution in [3.63, 3.8) is 0 Å². The van der Waals surface area contributed by atoms with Gasteiger partial charge in [0.1, 0.15) is 5.75 Å². The Balaban J connectivity index is 0.000000351. The van der Waals surface area contributed by atoms with Gasteiger partial charge in [-0.15, -0.1) is 0 Å². The maximum absolute atomic E-state index is 10.8. The summed E-state index contributed by atoms with van der Waals surface area (Å²) >= 11 is 0. The lowest BCUT2D eigenvalue weighted by Gasteiger charge is -2.06. The number of benzene rings is 3. The molecule has 11 nitrogen and oxygen atoms in total. The number of nitrogens with two attached hydrogens (primary N) is 1. The highest BCUT2D eigenvalue weighted by molar-refractivity contribution is 5.53. The first-order valence-corrected chi connectivity index (χ1v) is 7.79. The maximum Gasteiger partial charge on any atom is 0.311 e. The molecular formula is C18H15N5O6. The van der Waals surface area contributed by atoms with E-state index in [1.54, 1.807) is 24.3 Å². The van der Waals surface area contributed by atoms with Crippen LogP contribution in [0, 0.1) is 31.0 Å². The second kappa shape index (κ2) is 11.9. The van der Waals surface area contributed by atoms with E-state index in [1.165, 1.54) is 36.4 Å². The van der Waals surface area contributed by atoms with E-state index in [1.807, 2.05) is 18.2 Å². The fourth-order valence-electron chi connectivity index (χ4n) is 2.01. The summed E-state index contributed by atoms with van der Waals surface area (Å²) in [6, 6.07) is 20.6. The highest BCUT2D eigenvalue weighted by atomic mass is 16.6. The molecule has 3 aromatic rings. The predicted octanol–water partition coefficient (Wildman–Crippen LogP) is 4.26. The molecular weight excluding hydrogens is 382 g/mol. The molecule has 2 N–H and O–H groups in total. The number of nitrogens with zero attached hydrogens (tertiary/aromatic N) is 4. The predicted molar refractivity (Wildman–Crippen MR) is 101 cm³/mol. The van der Waals surface area contributed by atoms with Gasteiger partial charge in [0.25, 0.3) is 0 Å². The van der Waals surface area contributed by atoms with E-state index in [0.717, 1.165) is 0 Å². The van der Waals surface area contributed by atoms with E-state index >= 15 is 0 Å². The molecule has 11 heteroatoms. The van der Waals surface area contributed by atoms with Gasteiger partial charge >= 0.3 is 11.4 Å². The van der Waals surface area contributed by atoms with Crippen molar-refractivity contribution < 1.29 is 19.4 Å². The number of rotatable bonds is 5. The zero-order valence-electron chi connectivity index (χ0n) is 14.8. The van der Waals surface area contributed by atoms with Gasteiger partial charge in [0.15, 0.2) is 0 Å². The average Bonchev–Trinajstić information content (AvgIpc) is 2.76. The minimum absolute atomic E-state index is 0.0400. The smallest absolute Gasteiger partial charge is 0.311 e. The molecule has 148 valence electrons. The van der Waals surface area contributed by atoms with Gasteiger partial charge in [-0.3, -0.25) is 20.2 Å². The summed E-state index contributed by atoms with van der Waals surface area (Å²) in [5, 5.41) is 33.6. The molecule has 0 aromatic heterocycles. The summed E-state index contributed by atoms with van der Waals surface area (Å²) in [5.41, 5.74) is -0.499. The summed E-state index contributed by atoms with van der Waals surface area (Å²) in [6.45, 7) is 0. The summed E-state index contributed by atoms with van der Waals surface area (Å²) in [6.07, 6.45) is 0. The molecule has 0 radical (unpaired) electrons. The van der Waals surface area contributed by atoms with Crippen LogP contribution in [-0.2, 0) is 0 Å². The number of para-hydroxylation sites is 5. The standard InChI is InChI=1S/C12H8N2O5.C6H7NO.N2/c15-13(16)9-5-1-3-7-11(9)19-12-8-4-2-6-10(12)14(17)18;7-8-6-4-2-1-3-5-6;1-2/h1-8H;1-5H,7H2;. The topological polar surface area (TPSA) is 178 Å². The Labute approximate surface area is 164 Å². The second-order valence-electron chi connectivity index (χ2n) is 4.98. The van der Waals surface area contributed by atoms with Crippen LogP contribution in [-0.4, -0.2) is 9.85 Å². The van der Waals surface area contributed by atoms with Gasteiger partial charge in [0.2, 0.25) is 11.5 Å². The van der Waals surface area contributed by atoms with Gasteiger partial charge in [-0.05, 0) is 24.3 Å². The van der Waals surface area contributed by atoms with Crippen LogP contribution in [0.1, 0.15) is 0 Å². The molecule has 0 atom stereocenters. The van der Waals surface area contributed by atoms with Crippen LogP contribution in [0.2, 0.25) is 0 Å². The molecule has 29 heavy (non-hydrogen) atoms. The molecule has 0 aliphatic carbocycles. The Hall–Kier alpha value is -4.56. The van der Waals surface area contributed by atoms with E-state index < -0.39 is 9.85 Å². The number of hydrogen-bond acceptors (Lipinski definition) is 9. The van der Waals surface area contributed by atoms with Crippen molar-refractivity contribution in [2.45, 2.75) is 0 Å². The lowest BCUT2D eigenvalue weighted by Crippen LogP contribution is -2.00. The van der Waals surface area contributed by atoms with E-state index in [2.05, 4.69) is 4.84 Å². The lowest BCUT2D eigenvalue weighted by atomic mass is 10.2. The highest BCUT2D eigenvalue weighted by Gasteiger charge is 2.19. The Morgan fingerprint density at radius 2 is 1.07 bits per heavy atom. The summed E-state index contributed by atoms with van der Waals surface area (Å²) in [4.78, 5) is 24.8. The van der Waals surface area contributed by atoms with Crippen LogP contribution in [0.15, 0.2) is 78.9 Å². The van der Waals surface area contributed by atoms with Crippen molar-refractivity contribution in [3.8, 4) is 17.2 Å². The zero-order valence-corrected chi connectivity index (χ0v) is 14.8. The maximum atomic E-state index is 10.8. The lowest BCUT2D eigenvalue weighted by molar-refractivity contribution is -0.387. The molecule has 3 aromatic carbocycles. The van der Waals surface area contributed by atoms with Gasteiger partial charge in [-0.2, -0.15) is 5.90 Å². The van der Waals surface area contributed by atoms with Crippen LogP contribution in [0.5, 0.6) is 17.2 Å². The third-order valence-electron chi connectivity index (χ3n) is 3.22. The molecule has 0 fully saturated rings. The molecule has 0 aliphatic rings. The monoisotopic (exact) mass is 397 g/mol. The minimum Gasteiger partial charge on any atom is -0.443 e. The summed E-state index contributed by atoms with van der Waals surface area (Å²) < 4.78 is 5.28. The quantitative estimate of drug-likeness (QED) is 0.374. The van der Waals surface area contributed by atoms with E-state index in [0.29, 0.717) is 5.75 Å². The molecule has 0 heterocycles. The normalized spacial score (nSPS) is 8.93. The van der Waals surface area contributed by atoms with Crippen LogP contribution in [0.3, 0.4) is 0 Å². The van der Waals surface area contributed by atoms with Crippen molar-refractivity contribution in [3.05, 3.63) is 99.1 Å².